The van der Waals surface area contributed by atoms with Gasteiger partial charge in [0.05, 0.1) is 11.0 Å². The van der Waals surface area contributed by atoms with Crippen molar-refractivity contribution in [1.29, 1.82) is 0 Å². The van der Waals surface area contributed by atoms with E-state index in [1.165, 1.54) is 18.2 Å². The van der Waals surface area contributed by atoms with Crippen LogP contribution in [0.15, 0.2) is 42.5 Å². The van der Waals surface area contributed by atoms with Gasteiger partial charge in [0, 0.05) is 23.7 Å². The summed E-state index contributed by atoms with van der Waals surface area (Å²) in [5, 5.41) is 11.1. The van der Waals surface area contributed by atoms with E-state index in [1.807, 2.05) is 0 Å². The summed E-state index contributed by atoms with van der Waals surface area (Å²) in [5.41, 5.74) is 1.65. The number of nitro benzene ring substituents is 1. The highest BCUT2D eigenvalue weighted by Crippen LogP contribution is 2.33. The number of halogens is 1. The quantitative estimate of drug-likeness (QED) is 0.631. The largest absolute Gasteiger partial charge is 0.332 e. The number of carbonyl (C=O) groups is 1. The Kier molecular flexibility index (Phi) is 4.29. The molecule has 124 valence electrons. The fraction of sp³-hybridized carbons (Fsp3) is 0.278. The van der Waals surface area contributed by atoms with Gasteiger partial charge in [-0.05, 0) is 43.5 Å². The van der Waals surface area contributed by atoms with E-state index in [1.54, 1.807) is 36.1 Å². The molecular formula is C18H17FN2O3. The van der Waals surface area contributed by atoms with Gasteiger partial charge in [0.2, 0.25) is 0 Å². The van der Waals surface area contributed by atoms with Gasteiger partial charge in [0.15, 0.2) is 0 Å². The molecule has 0 bridgehead atoms. The molecule has 0 spiro atoms. The van der Waals surface area contributed by atoms with Gasteiger partial charge in [-0.25, -0.2) is 4.39 Å². The third-order valence-electron chi connectivity index (χ3n) is 4.42. The predicted octanol–water partition coefficient (Wildman–Crippen LogP) is 4.02. The number of aryl methyl sites for hydroxylation is 1. The second-order valence-corrected chi connectivity index (χ2v) is 5.97. The monoisotopic (exact) mass is 328 g/mol. The third-order valence-corrected chi connectivity index (χ3v) is 4.42. The number of nitro groups is 1. The normalized spacial score (nSPS) is 17.1. The number of rotatable bonds is 3. The van der Waals surface area contributed by atoms with Crippen LogP contribution in [0.1, 0.15) is 40.4 Å². The second kappa shape index (κ2) is 6.39. The Morgan fingerprint density at radius 3 is 2.62 bits per heavy atom. The molecule has 0 radical (unpaired) electrons. The van der Waals surface area contributed by atoms with E-state index in [0.717, 1.165) is 18.4 Å². The first-order chi connectivity index (χ1) is 11.5. The van der Waals surface area contributed by atoms with Crippen molar-refractivity contribution in [3.63, 3.8) is 0 Å². The molecule has 0 aliphatic carbocycles. The molecule has 1 amide bonds. The Morgan fingerprint density at radius 1 is 1.25 bits per heavy atom. The maximum atomic E-state index is 13.1. The number of benzene rings is 2. The minimum Gasteiger partial charge on any atom is -0.332 e. The summed E-state index contributed by atoms with van der Waals surface area (Å²) < 4.78 is 13.1. The predicted molar refractivity (Wildman–Crippen MR) is 87.2 cm³/mol. The van der Waals surface area contributed by atoms with Crippen LogP contribution in [-0.2, 0) is 0 Å². The summed E-state index contributed by atoms with van der Waals surface area (Å²) in [6, 6.07) is 10.5. The molecule has 2 aromatic carbocycles. The van der Waals surface area contributed by atoms with E-state index in [9.17, 15) is 19.3 Å². The topological polar surface area (TPSA) is 63.5 Å². The average molecular weight is 328 g/mol. The third kappa shape index (κ3) is 2.99. The van der Waals surface area contributed by atoms with Crippen LogP contribution in [0, 0.1) is 22.9 Å². The zero-order chi connectivity index (χ0) is 17.3. The first-order valence-corrected chi connectivity index (χ1v) is 7.79. The van der Waals surface area contributed by atoms with Crippen molar-refractivity contribution in [2.24, 2.45) is 0 Å². The molecule has 1 atom stereocenters. The maximum Gasteiger partial charge on any atom is 0.273 e. The van der Waals surface area contributed by atoms with Crippen molar-refractivity contribution in [1.82, 2.24) is 4.90 Å². The second-order valence-electron chi connectivity index (χ2n) is 5.97. The van der Waals surface area contributed by atoms with Crippen LogP contribution in [0.4, 0.5) is 10.1 Å². The molecule has 1 unspecified atom stereocenters. The molecule has 0 N–H and O–H groups in total. The standard InChI is InChI=1S/C18H17FN2O3/c1-12-4-5-14(11-17(12)21(23)24)18(22)20-10-2-3-16(20)13-6-8-15(19)9-7-13/h4-9,11,16H,2-3,10H2,1H3. The van der Waals surface area contributed by atoms with Crippen LogP contribution in [0.2, 0.25) is 0 Å². The van der Waals surface area contributed by atoms with Crippen molar-refractivity contribution >= 4 is 11.6 Å². The van der Waals surface area contributed by atoms with Gasteiger partial charge in [-0.3, -0.25) is 14.9 Å². The maximum absolute atomic E-state index is 13.1. The van der Waals surface area contributed by atoms with Crippen molar-refractivity contribution in [2.45, 2.75) is 25.8 Å². The van der Waals surface area contributed by atoms with Crippen molar-refractivity contribution in [2.75, 3.05) is 6.54 Å². The molecule has 6 heteroatoms. The minimum atomic E-state index is -0.479. The number of likely N-dealkylation sites (tertiary alicyclic amines) is 1. The Hall–Kier alpha value is -2.76. The lowest BCUT2D eigenvalue weighted by atomic mass is 10.0. The fourth-order valence-corrected chi connectivity index (χ4v) is 3.15. The summed E-state index contributed by atoms with van der Waals surface area (Å²) in [4.78, 5) is 25.1. The van der Waals surface area contributed by atoms with Crippen molar-refractivity contribution in [3.05, 3.63) is 75.1 Å². The van der Waals surface area contributed by atoms with E-state index < -0.39 is 4.92 Å². The lowest BCUT2D eigenvalue weighted by molar-refractivity contribution is -0.385. The molecule has 2 aromatic rings. The zero-order valence-electron chi connectivity index (χ0n) is 13.2. The van der Waals surface area contributed by atoms with E-state index in [0.29, 0.717) is 17.7 Å². The smallest absolute Gasteiger partial charge is 0.273 e. The molecule has 5 nitrogen and oxygen atoms in total. The van der Waals surface area contributed by atoms with Crippen LogP contribution in [0.25, 0.3) is 0 Å². The molecule has 1 heterocycles. The van der Waals surface area contributed by atoms with Gasteiger partial charge in [-0.2, -0.15) is 0 Å². The Morgan fingerprint density at radius 2 is 1.96 bits per heavy atom. The van der Waals surface area contributed by atoms with Crippen LogP contribution in [0.5, 0.6) is 0 Å². The van der Waals surface area contributed by atoms with Gasteiger partial charge in [0.1, 0.15) is 5.82 Å². The van der Waals surface area contributed by atoms with Crippen molar-refractivity contribution in [3.8, 4) is 0 Å². The molecule has 1 aliphatic heterocycles. The first-order valence-electron chi connectivity index (χ1n) is 7.79. The van der Waals surface area contributed by atoms with Crippen molar-refractivity contribution < 1.29 is 14.1 Å². The highest BCUT2D eigenvalue weighted by molar-refractivity contribution is 5.95. The summed E-state index contributed by atoms with van der Waals surface area (Å²) in [7, 11) is 0. The van der Waals surface area contributed by atoms with Crippen LogP contribution in [-0.4, -0.2) is 22.3 Å². The van der Waals surface area contributed by atoms with Gasteiger partial charge < -0.3 is 4.90 Å². The highest BCUT2D eigenvalue weighted by atomic mass is 19.1. The summed E-state index contributed by atoms with van der Waals surface area (Å²) in [5.74, 6) is -0.547. The summed E-state index contributed by atoms with van der Waals surface area (Å²) in [6.07, 6.45) is 1.65. The SMILES string of the molecule is Cc1ccc(C(=O)N2CCCC2c2ccc(F)cc2)cc1[N+](=O)[O-]. The Balaban J connectivity index is 1.90. The van der Waals surface area contributed by atoms with Crippen LogP contribution in [0.3, 0.4) is 0 Å². The Labute approximate surface area is 138 Å². The van der Waals surface area contributed by atoms with Crippen LogP contribution >= 0.6 is 0 Å². The van der Waals surface area contributed by atoms with Gasteiger partial charge in [-0.15, -0.1) is 0 Å². The number of nitrogens with zero attached hydrogens (tertiary/aromatic N) is 2. The van der Waals surface area contributed by atoms with Gasteiger partial charge >= 0.3 is 0 Å². The molecule has 0 saturated carbocycles. The lowest BCUT2D eigenvalue weighted by Gasteiger charge is -2.25. The highest BCUT2D eigenvalue weighted by Gasteiger charge is 2.31. The minimum absolute atomic E-state index is 0.0571. The number of carbonyl (C=O) groups excluding carboxylic acids is 1. The molecule has 24 heavy (non-hydrogen) atoms. The summed E-state index contributed by atoms with van der Waals surface area (Å²) >= 11 is 0. The van der Waals surface area contributed by atoms with E-state index in [4.69, 9.17) is 0 Å². The zero-order valence-corrected chi connectivity index (χ0v) is 13.2. The fourth-order valence-electron chi connectivity index (χ4n) is 3.15. The average Bonchev–Trinajstić information content (AvgIpc) is 3.04. The number of hydrogen-bond acceptors (Lipinski definition) is 3. The van der Waals surface area contributed by atoms with Crippen LogP contribution < -0.4 is 0 Å². The first kappa shape index (κ1) is 16.1. The molecule has 3 rings (SSSR count). The molecule has 1 saturated heterocycles. The van der Waals surface area contributed by atoms with E-state index >= 15 is 0 Å². The Bertz CT molecular complexity index is 789. The summed E-state index contributed by atoms with van der Waals surface area (Å²) in [6.45, 7) is 2.23. The molecular weight excluding hydrogens is 311 g/mol. The van der Waals surface area contributed by atoms with E-state index in [-0.39, 0.29) is 23.5 Å². The van der Waals surface area contributed by atoms with Gasteiger partial charge in [-0.1, -0.05) is 18.2 Å². The number of hydrogen-bond donors (Lipinski definition) is 0. The number of amides is 1. The molecule has 1 aliphatic rings. The lowest BCUT2D eigenvalue weighted by Crippen LogP contribution is -2.30. The molecule has 0 aromatic heterocycles. The van der Waals surface area contributed by atoms with Gasteiger partial charge in [0.25, 0.3) is 11.6 Å². The van der Waals surface area contributed by atoms with E-state index in [2.05, 4.69) is 0 Å². The molecule has 1 fully saturated rings.